The Bertz CT molecular complexity index is 691. The minimum absolute atomic E-state index is 0.264. The van der Waals surface area contributed by atoms with E-state index in [0.717, 1.165) is 17.0 Å². The van der Waals surface area contributed by atoms with Crippen molar-refractivity contribution in [1.29, 1.82) is 5.26 Å². The summed E-state index contributed by atoms with van der Waals surface area (Å²) in [4.78, 5) is 13.7. The van der Waals surface area contributed by atoms with Gasteiger partial charge in [0, 0.05) is 19.3 Å². The van der Waals surface area contributed by atoms with Crippen molar-refractivity contribution in [3.8, 4) is 6.07 Å². The number of carbonyl (C=O) groups excluding carboxylic acids is 1. The fourth-order valence-corrected chi connectivity index (χ4v) is 2.57. The third-order valence-electron chi connectivity index (χ3n) is 3.56. The predicted molar refractivity (Wildman–Crippen MR) is 71.1 cm³/mol. The molecule has 1 aliphatic heterocycles. The molecule has 0 radical (unpaired) electrons. The van der Waals surface area contributed by atoms with Crippen molar-refractivity contribution in [2.75, 3.05) is 18.5 Å². The van der Waals surface area contributed by atoms with E-state index in [-0.39, 0.29) is 12.2 Å². The van der Waals surface area contributed by atoms with Gasteiger partial charge in [0.2, 0.25) is 0 Å². The topological polar surface area (TPSA) is 47.3 Å². The lowest BCUT2D eigenvalue weighted by Crippen LogP contribution is -2.37. The van der Waals surface area contributed by atoms with E-state index in [0.29, 0.717) is 11.0 Å². The first-order valence-electron chi connectivity index (χ1n) is 6.66. The Balaban J connectivity index is 2.48. The zero-order valence-electron chi connectivity index (χ0n) is 12.2. The van der Waals surface area contributed by atoms with Crippen LogP contribution < -0.4 is 4.90 Å². The van der Waals surface area contributed by atoms with E-state index in [4.69, 9.17) is 5.26 Å². The van der Waals surface area contributed by atoms with E-state index in [1.54, 1.807) is 0 Å². The predicted octanol–water partition coefficient (Wildman–Crippen LogP) is 3.77. The van der Waals surface area contributed by atoms with Crippen molar-refractivity contribution in [2.24, 2.45) is 0 Å². The summed E-state index contributed by atoms with van der Waals surface area (Å²) in [5.74, 6) is 0. The highest BCUT2D eigenvalue weighted by Crippen LogP contribution is 2.37. The number of amides is 2. The Labute approximate surface area is 132 Å². The van der Waals surface area contributed by atoms with Crippen molar-refractivity contribution < 1.29 is 31.1 Å². The minimum atomic E-state index is -4.87. The van der Waals surface area contributed by atoms with Gasteiger partial charge in [0.25, 0.3) is 0 Å². The second kappa shape index (κ2) is 5.89. The molecule has 4 nitrogen and oxygen atoms in total. The Morgan fingerprint density at radius 3 is 2.38 bits per heavy atom. The van der Waals surface area contributed by atoms with Crippen LogP contribution in [0.15, 0.2) is 18.2 Å². The van der Waals surface area contributed by atoms with Gasteiger partial charge in [-0.25, -0.2) is 4.79 Å². The molecule has 0 aliphatic carbocycles. The van der Waals surface area contributed by atoms with Crippen LogP contribution in [0.3, 0.4) is 0 Å². The van der Waals surface area contributed by atoms with Gasteiger partial charge in [0.1, 0.15) is 0 Å². The zero-order chi connectivity index (χ0) is 18.3. The van der Waals surface area contributed by atoms with E-state index in [1.165, 1.54) is 13.1 Å². The summed E-state index contributed by atoms with van der Waals surface area (Å²) in [5, 5.41) is 8.75. The Hall–Kier alpha value is -2.44. The smallest absolute Gasteiger partial charge is 0.325 e. The van der Waals surface area contributed by atoms with Gasteiger partial charge >= 0.3 is 18.4 Å². The van der Waals surface area contributed by atoms with Crippen LogP contribution in [0, 0.1) is 11.3 Å². The van der Waals surface area contributed by atoms with Gasteiger partial charge in [-0.15, -0.1) is 0 Å². The molecule has 0 saturated carbocycles. The van der Waals surface area contributed by atoms with Gasteiger partial charge in [-0.1, -0.05) is 0 Å². The lowest BCUT2D eigenvalue weighted by molar-refractivity contribution is -0.139. The summed E-state index contributed by atoms with van der Waals surface area (Å²) in [6.45, 7) is -0.264. The number of alkyl halides is 6. The number of hydrogen-bond acceptors (Lipinski definition) is 2. The molecule has 1 aromatic carbocycles. The van der Waals surface area contributed by atoms with Gasteiger partial charge < -0.3 is 4.90 Å². The normalized spacial score (nSPS) is 18.9. The maximum Gasteiger partial charge on any atom is 0.417 e. The molecule has 1 unspecified atom stereocenters. The SMILES string of the molecule is CN1CC(CC(F)(F)F)N(c2ccc(C#N)c(C(F)(F)F)c2)C1=O. The van der Waals surface area contributed by atoms with Crippen LogP contribution in [0.2, 0.25) is 0 Å². The van der Waals surface area contributed by atoms with E-state index >= 15 is 0 Å². The molecule has 1 fully saturated rings. The molecule has 0 aromatic heterocycles. The van der Waals surface area contributed by atoms with Crippen LogP contribution in [-0.4, -0.2) is 36.7 Å². The Kier molecular flexibility index (Phi) is 4.39. The number of anilines is 1. The number of halogens is 6. The molecule has 1 atom stereocenters. The molecule has 0 bridgehead atoms. The summed E-state index contributed by atoms with van der Waals surface area (Å²) in [5.41, 5.74) is -2.29. The molecular weight excluding hydrogens is 340 g/mol. The number of rotatable bonds is 2. The summed E-state index contributed by atoms with van der Waals surface area (Å²) >= 11 is 0. The highest BCUT2D eigenvalue weighted by atomic mass is 19.4. The largest absolute Gasteiger partial charge is 0.417 e. The fourth-order valence-electron chi connectivity index (χ4n) is 2.57. The molecule has 10 heteroatoms. The van der Waals surface area contributed by atoms with Gasteiger partial charge in [-0.05, 0) is 18.2 Å². The van der Waals surface area contributed by atoms with Crippen LogP contribution in [0.1, 0.15) is 17.5 Å². The first kappa shape index (κ1) is 17.9. The first-order valence-corrected chi connectivity index (χ1v) is 6.66. The van der Waals surface area contributed by atoms with Crippen molar-refractivity contribution in [2.45, 2.75) is 24.8 Å². The second-order valence-corrected chi connectivity index (χ2v) is 5.35. The van der Waals surface area contributed by atoms with Crippen molar-refractivity contribution in [3.05, 3.63) is 29.3 Å². The maximum absolute atomic E-state index is 13.0. The van der Waals surface area contributed by atoms with E-state index in [1.807, 2.05) is 0 Å². The second-order valence-electron chi connectivity index (χ2n) is 5.35. The van der Waals surface area contributed by atoms with Crippen molar-refractivity contribution in [1.82, 2.24) is 4.90 Å². The number of hydrogen-bond donors (Lipinski definition) is 0. The van der Waals surface area contributed by atoms with Crippen LogP contribution in [0.4, 0.5) is 36.8 Å². The molecular formula is C14H11F6N3O. The molecule has 1 aliphatic rings. The molecule has 2 rings (SSSR count). The number of likely N-dealkylation sites (N-methyl/N-ethyl adjacent to an activating group) is 1. The van der Waals surface area contributed by atoms with Gasteiger partial charge in [0.05, 0.1) is 29.7 Å². The number of benzene rings is 1. The number of nitrogens with zero attached hydrogens (tertiary/aromatic N) is 3. The van der Waals surface area contributed by atoms with Crippen molar-refractivity contribution in [3.63, 3.8) is 0 Å². The van der Waals surface area contributed by atoms with E-state index in [9.17, 15) is 31.1 Å². The van der Waals surface area contributed by atoms with Crippen LogP contribution in [0.25, 0.3) is 0 Å². The fraction of sp³-hybridized carbons (Fsp3) is 0.429. The summed E-state index contributed by atoms with van der Waals surface area (Å²) in [6, 6.07) is 1.61. The quantitative estimate of drug-likeness (QED) is 0.762. The van der Waals surface area contributed by atoms with Crippen LogP contribution >= 0.6 is 0 Å². The van der Waals surface area contributed by atoms with Crippen molar-refractivity contribution >= 4 is 11.7 Å². The van der Waals surface area contributed by atoms with Gasteiger partial charge in [-0.2, -0.15) is 31.6 Å². The third-order valence-corrected chi connectivity index (χ3v) is 3.56. The monoisotopic (exact) mass is 351 g/mol. The molecule has 1 aromatic rings. The minimum Gasteiger partial charge on any atom is -0.325 e. The summed E-state index contributed by atoms with van der Waals surface area (Å²) < 4.78 is 77.0. The Morgan fingerprint density at radius 1 is 1.25 bits per heavy atom. The highest BCUT2D eigenvalue weighted by molar-refractivity contribution is 5.95. The van der Waals surface area contributed by atoms with Crippen LogP contribution in [-0.2, 0) is 6.18 Å². The average Bonchev–Trinajstić information content (AvgIpc) is 2.70. The maximum atomic E-state index is 13.0. The first-order chi connectivity index (χ1) is 10.9. The lowest BCUT2D eigenvalue weighted by atomic mass is 10.1. The van der Waals surface area contributed by atoms with E-state index < -0.39 is 42.0 Å². The summed E-state index contributed by atoms with van der Waals surface area (Å²) in [7, 11) is 1.26. The standard InChI is InChI=1S/C14H11F6N3O/c1-22-7-10(5-13(15,16)17)23(12(22)24)9-3-2-8(6-21)11(4-9)14(18,19)20/h2-4,10H,5,7H2,1H3. The Morgan fingerprint density at radius 2 is 1.88 bits per heavy atom. The highest BCUT2D eigenvalue weighted by Gasteiger charge is 2.44. The lowest BCUT2D eigenvalue weighted by Gasteiger charge is -2.25. The van der Waals surface area contributed by atoms with Gasteiger partial charge in [-0.3, -0.25) is 4.90 Å². The van der Waals surface area contributed by atoms with Gasteiger partial charge in [0.15, 0.2) is 0 Å². The van der Waals surface area contributed by atoms with E-state index in [2.05, 4.69) is 0 Å². The molecule has 1 saturated heterocycles. The summed E-state index contributed by atoms with van der Waals surface area (Å²) in [6.07, 6.45) is -10.8. The number of carbonyl (C=O) groups is 1. The zero-order valence-corrected chi connectivity index (χ0v) is 12.2. The molecule has 24 heavy (non-hydrogen) atoms. The van der Waals surface area contributed by atoms with Crippen LogP contribution in [0.5, 0.6) is 0 Å². The molecule has 0 spiro atoms. The molecule has 1 heterocycles. The average molecular weight is 351 g/mol. The number of nitriles is 1. The molecule has 130 valence electrons. The number of urea groups is 1. The molecule has 0 N–H and O–H groups in total. The third kappa shape index (κ3) is 3.55. The molecule has 2 amide bonds.